The van der Waals surface area contributed by atoms with Crippen LogP contribution in [0.2, 0.25) is 0 Å². The van der Waals surface area contributed by atoms with Crippen LogP contribution in [0.25, 0.3) is 0 Å². The van der Waals surface area contributed by atoms with Gasteiger partial charge in [-0.2, -0.15) is 5.10 Å². The molecule has 1 amide bonds. The summed E-state index contributed by atoms with van der Waals surface area (Å²) in [5.41, 5.74) is 1.37. The van der Waals surface area contributed by atoms with Crippen molar-refractivity contribution in [3.05, 3.63) is 56.5 Å². The van der Waals surface area contributed by atoms with Crippen LogP contribution in [0.5, 0.6) is 0 Å². The van der Waals surface area contributed by atoms with Crippen molar-refractivity contribution in [2.45, 2.75) is 25.9 Å². The summed E-state index contributed by atoms with van der Waals surface area (Å²) in [4.78, 5) is 17.5. The second-order valence-electron chi connectivity index (χ2n) is 6.20. The molecule has 4 heterocycles. The van der Waals surface area contributed by atoms with Crippen molar-refractivity contribution in [1.29, 1.82) is 0 Å². The van der Waals surface area contributed by atoms with E-state index in [0.29, 0.717) is 13.1 Å². The summed E-state index contributed by atoms with van der Waals surface area (Å²) < 4.78 is 1.83. The molecule has 0 radical (unpaired) electrons. The first-order chi connectivity index (χ1) is 12.2. The number of carbonyl (C=O) groups excluding carboxylic acids is 1. The Balaban J connectivity index is 1.39. The molecule has 0 spiro atoms. The van der Waals surface area contributed by atoms with Gasteiger partial charge < -0.3 is 5.32 Å². The maximum atomic E-state index is 12.5. The summed E-state index contributed by atoms with van der Waals surface area (Å²) in [6.45, 7) is 4.19. The highest BCUT2D eigenvalue weighted by Crippen LogP contribution is 2.32. The second-order valence-corrected chi connectivity index (χ2v) is 8.23. The molecule has 0 aliphatic carbocycles. The van der Waals surface area contributed by atoms with E-state index in [1.807, 2.05) is 33.5 Å². The van der Waals surface area contributed by atoms with Crippen LogP contribution in [0.15, 0.2) is 41.2 Å². The van der Waals surface area contributed by atoms with Gasteiger partial charge in [0.25, 0.3) is 0 Å². The lowest BCUT2D eigenvalue weighted by Gasteiger charge is -2.32. The highest BCUT2D eigenvalue weighted by Gasteiger charge is 2.26. The summed E-state index contributed by atoms with van der Waals surface area (Å²) in [7, 11) is 0. The van der Waals surface area contributed by atoms with E-state index in [2.05, 4.69) is 39.8 Å². The molecule has 0 saturated heterocycles. The van der Waals surface area contributed by atoms with Crippen LogP contribution in [0, 0.1) is 0 Å². The van der Waals surface area contributed by atoms with Gasteiger partial charge in [0, 0.05) is 28.4 Å². The van der Waals surface area contributed by atoms with E-state index in [-0.39, 0.29) is 11.9 Å². The molecule has 25 heavy (non-hydrogen) atoms. The lowest BCUT2D eigenvalue weighted by molar-refractivity contribution is -0.118. The molecule has 1 unspecified atom stereocenters. The van der Waals surface area contributed by atoms with Crippen LogP contribution in [-0.2, 0) is 17.8 Å². The van der Waals surface area contributed by atoms with E-state index in [4.69, 9.17) is 0 Å². The highest BCUT2D eigenvalue weighted by molar-refractivity contribution is 7.10. The lowest BCUT2D eigenvalue weighted by atomic mass is 10.0. The van der Waals surface area contributed by atoms with Crippen LogP contribution in [-0.4, -0.2) is 33.7 Å². The van der Waals surface area contributed by atoms with Crippen molar-refractivity contribution in [3.63, 3.8) is 0 Å². The average Bonchev–Trinajstić information content (AvgIpc) is 3.33. The number of nitrogens with one attached hydrogen (secondary N) is 1. The first-order valence-electron chi connectivity index (χ1n) is 8.35. The fourth-order valence-electron chi connectivity index (χ4n) is 3.26. The molecular weight excluding hydrogens is 352 g/mol. The van der Waals surface area contributed by atoms with Gasteiger partial charge >= 0.3 is 0 Å². The topological polar surface area (TPSA) is 50.2 Å². The number of rotatable bonds is 5. The summed E-state index contributed by atoms with van der Waals surface area (Å²) in [6.07, 6.45) is 2.76. The number of anilines is 1. The summed E-state index contributed by atoms with van der Waals surface area (Å²) in [5.74, 6) is 0.762. The van der Waals surface area contributed by atoms with Crippen LogP contribution >= 0.6 is 22.7 Å². The monoisotopic (exact) mass is 372 g/mol. The number of amides is 1. The number of carbonyl (C=O) groups is 1. The Kier molecular flexibility index (Phi) is 4.70. The summed E-state index contributed by atoms with van der Waals surface area (Å²) in [5, 5.41) is 11.5. The van der Waals surface area contributed by atoms with E-state index in [0.717, 1.165) is 18.8 Å². The Morgan fingerprint density at radius 2 is 2.24 bits per heavy atom. The molecule has 0 saturated carbocycles. The largest absolute Gasteiger partial charge is 0.310 e. The fraction of sp³-hybridized carbons (Fsp3) is 0.333. The predicted octanol–water partition coefficient (Wildman–Crippen LogP) is 3.61. The van der Waals surface area contributed by atoms with Gasteiger partial charge in [0.05, 0.1) is 19.3 Å². The van der Waals surface area contributed by atoms with Crippen LogP contribution in [0.3, 0.4) is 0 Å². The first-order valence-corrected chi connectivity index (χ1v) is 10.1. The fourth-order valence-corrected chi connectivity index (χ4v) is 4.91. The van der Waals surface area contributed by atoms with Crippen LogP contribution in [0.1, 0.15) is 28.3 Å². The average molecular weight is 373 g/mol. The van der Waals surface area contributed by atoms with Crippen molar-refractivity contribution >= 4 is 34.4 Å². The van der Waals surface area contributed by atoms with Gasteiger partial charge in [-0.1, -0.05) is 6.07 Å². The molecule has 1 aliphatic rings. The van der Waals surface area contributed by atoms with Crippen molar-refractivity contribution in [3.8, 4) is 0 Å². The number of hydrogen-bond acceptors (Lipinski definition) is 5. The number of hydrogen-bond donors (Lipinski definition) is 1. The summed E-state index contributed by atoms with van der Waals surface area (Å²) in [6, 6.07) is 8.42. The van der Waals surface area contributed by atoms with Gasteiger partial charge in [-0.25, -0.2) is 4.68 Å². The maximum absolute atomic E-state index is 12.5. The number of nitrogens with zero attached hydrogens (tertiary/aromatic N) is 3. The zero-order valence-electron chi connectivity index (χ0n) is 14.0. The minimum atomic E-state index is 0.0125. The third kappa shape index (κ3) is 3.53. The molecule has 7 heteroatoms. The van der Waals surface area contributed by atoms with Crippen molar-refractivity contribution in [1.82, 2.24) is 14.7 Å². The third-order valence-corrected chi connectivity index (χ3v) is 6.48. The molecule has 0 bridgehead atoms. The SMILES string of the molecule is CC1c2ccsc2CCN1CC(=O)Nc1ccnn1Cc1cccs1. The predicted molar refractivity (Wildman–Crippen MR) is 102 cm³/mol. The molecule has 1 N–H and O–H groups in total. The Morgan fingerprint density at radius 3 is 3.08 bits per heavy atom. The quantitative estimate of drug-likeness (QED) is 0.744. The number of thiophene rings is 2. The maximum Gasteiger partial charge on any atom is 0.239 e. The number of fused-ring (bicyclic) bond motifs is 1. The molecule has 0 fully saturated rings. The summed E-state index contributed by atoms with van der Waals surface area (Å²) >= 11 is 3.51. The normalized spacial score (nSPS) is 17.4. The molecule has 5 nitrogen and oxygen atoms in total. The molecule has 130 valence electrons. The van der Waals surface area contributed by atoms with Crippen LogP contribution < -0.4 is 5.32 Å². The lowest BCUT2D eigenvalue weighted by Crippen LogP contribution is -2.39. The number of aromatic nitrogens is 2. The minimum absolute atomic E-state index is 0.0125. The standard InChI is InChI=1S/C18H20N4OS2/c1-13-15-6-10-25-16(15)5-8-21(13)12-18(23)20-17-4-7-19-22(17)11-14-3-2-9-24-14/h2-4,6-7,9-10,13H,5,8,11-12H2,1H3,(H,20,23). The van der Waals surface area contributed by atoms with Crippen molar-refractivity contribution in [2.24, 2.45) is 0 Å². The second kappa shape index (κ2) is 7.11. The molecule has 3 aromatic heterocycles. The first kappa shape index (κ1) is 16.5. The van der Waals surface area contributed by atoms with Gasteiger partial charge in [0.2, 0.25) is 5.91 Å². The van der Waals surface area contributed by atoms with E-state index in [1.165, 1.54) is 15.3 Å². The van der Waals surface area contributed by atoms with Gasteiger partial charge in [0.15, 0.2) is 0 Å². The van der Waals surface area contributed by atoms with Crippen LogP contribution in [0.4, 0.5) is 5.82 Å². The molecule has 3 aromatic rings. The minimum Gasteiger partial charge on any atom is -0.310 e. The van der Waals surface area contributed by atoms with Crippen molar-refractivity contribution in [2.75, 3.05) is 18.4 Å². The molecule has 4 rings (SSSR count). The Bertz CT molecular complexity index is 852. The van der Waals surface area contributed by atoms with E-state index >= 15 is 0 Å². The Labute approximate surface area is 154 Å². The zero-order valence-corrected chi connectivity index (χ0v) is 15.6. The molecule has 0 aromatic carbocycles. The van der Waals surface area contributed by atoms with Gasteiger partial charge in [-0.05, 0) is 41.8 Å². The smallest absolute Gasteiger partial charge is 0.239 e. The highest BCUT2D eigenvalue weighted by atomic mass is 32.1. The van der Waals surface area contributed by atoms with E-state index in [9.17, 15) is 4.79 Å². The third-order valence-electron chi connectivity index (χ3n) is 4.62. The Morgan fingerprint density at radius 1 is 1.32 bits per heavy atom. The van der Waals surface area contributed by atoms with Crippen molar-refractivity contribution < 1.29 is 4.79 Å². The zero-order chi connectivity index (χ0) is 17.2. The molecule has 1 atom stereocenters. The van der Waals surface area contributed by atoms with E-state index < -0.39 is 0 Å². The van der Waals surface area contributed by atoms with Gasteiger partial charge in [-0.15, -0.1) is 22.7 Å². The van der Waals surface area contributed by atoms with Gasteiger partial charge in [0.1, 0.15) is 5.82 Å². The van der Waals surface area contributed by atoms with Gasteiger partial charge in [-0.3, -0.25) is 9.69 Å². The van der Waals surface area contributed by atoms with E-state index in [1.54, 1.807) is 17.5 Å². The Hall–Kier alpha value is -1.96. The molecular formula is C18H20N4OS2. The molecule has 1 aliphatic heterocycles.